The van der Waals surface area contributed by atoms with Gasteiger partial charge in [0.05, 0.1) is 6.10 Å². The zero-order chi connectivity index (χ0) is 13.2. The maximum Gasteiger partial charge on any atom is 0.0867 e. The predicted octanol–water partition coefficient (Wildman–Crippen LogP) is 3.87. The molecule has 3 heteroatoms. The summed E-state index contributed by atoms with van der Waals surface area (Å²) in [6.07, 6.45) is 5.36. The van der Waals surface area contributed by atoms with Crippen LogP contribution in [0.1, 0.15) is 42.9 Å². The maximum atomic E-state index is 6.07. The lowest BCUT2D eigenvalue weighted by atomic mass is 9.87. The molecule has 0 amide bonds. The van der Waals surface area contributed by atoms with Crippen LogP contribution in [0, 0.1) is 12.8 Å². The highest BCUT2D eigenvalue weighted by atomic mass is 35.5. The molecule has 1 saturated carbocycles. The molecule has 0 aromatic heterocycles. The number of benzene rings is 1. The van der Waals surface area contributed by atoms with E-state index in [1.807, 2.05) is 12.1 Å². The molecule has 0 bridgehead atoms. The fraction of sp³-hybridized carbons (Fsp3) is 0.625. The van der Waals surface area contributed by atoms with Crippen LogP contribution in [0.15, 0.2) is 18.2 Å². The minimum atomic E-state index is 0.234. The summed E-state index contributed by atoms with van der Waals surface area (Å²) in [5.74, 6) is 0.592. The van der Waals surface area contributed by atoms with Gasteiger partial charge in [0.1, 0.15) is 0 Å². The third-order valence-corrected chi connectivity index (χ3v) is 4.46. The van der Waals surface area contributed by atoms with Crippen molar-refractivity contribution in [1.29, 1.82) is 0 Å². The van der Waals surface area contributed by atoms with Crippen LogP contribution >= 0.6 is 11.6 Å². The number of hydrogen-bond donors (Lipinski definition) is 1. The predicted molar refractivity (Wildman–Crippen MR) is 78.6 cm³/mol. The van der Waals surface area contributed by atoms with Crippen molar-refractivity contribution in [2.24, 2.45) is 5.92 Å². The van der Waals surface area contributed by atoms with Crippen LogP contribution in [0.25, 0.3) is 0 Å². The second-order valence-corrected chi connectivity index (χ2v) is 6.31. The van der Waals surface area contributed by atoms with Gasteiger partial charge in [0.25, 0.3) is 0 Å². The van der Waals surface area contributed by atoms with Crippen LogP contribution < -0.4 is 5.32 Å². The lowest BCUT2D eigenvalue weighted by Gasteiger charge is -2.33. The first kappa shape index (κ1) is 13.4. The van der Waals surface area contributed by atoms with E-state index in [4.69, 9.17) is 16.3 Å². The van der Waals surface area contributed by atoms with Gasteiger partial charge in [-0.1, -0.05) is 17.7 Å². The zero-order valence-electron chi connectivity index (χ0n) is 11.5. The van der Waals surface area contributed by atoms with Crippen molar-refractivity contribution in [1.82, 2.24) is 5.32 Å². The molecule has 3 rings (SSSR count). The molecule has 1 aromatic carbocycles. The van der Waals surface area contributed by atoms with Gasteiger partial charge in [-0.2, -0.15) is 0 Å². The van der Waals surface area contributed by atoms with E-state index in [9.17, 15) is 0 Å². The van der Waals surface area contributed by atoms with Crippen molar-refractivity contribution in [3.8, 4) is 0 Å². The van der Waals surface area contributed by atoms with E-state index in [0.29, 0.717) is 5.92 Å². The highest BCUT2D eigenvalue weighted by molar-refractivity contribution is 6.30. The van der Waals surface area contributed by atoms with Crippen molar-refractivity contribution in [2.45, 2.75) is 44.8 Å². The van der Waals surface area contributed by atoms with Crippen LogP contribution in [0.4, 0.5) is 0 Å². The van der Waals surface area contributed by atoms with Gasteiger partial charge in [-0.05, 0) is 55.9 Å². The number of aryl methyl sites for hydroxylation is 1. The molecule has 104 valence electrons. The Bertz CT molecular complexity index is 444. The topological polar surface area (TPSA) is 21.3 Å². The highest BCUT2D eigenvalue weighted by Crippen LogP contribution is 2.36. The third kappa shape index (κ3) is 3.31. The summed E-state index contributed by atoms with van der Waals surface area (Å²) in [4.78, 5) is 0. The van der Waals surface area contributed by atoms with Gasteiger partial charge in [0.2, 0.25) is 0 Å². The van der Waals surface area contributed by atoms with Crippen LogP contribution in [-0.4, -0.2) is 19.2 Å². The van der Waals surface area contributed by atoms with Gasteiger partial charge in [0.15, 0.2) is 0 Å². The Balaban J connectivity index is 1.74. The lowest BCUT2D eigenvalue weighted by Crippen LogP contribution is -2.33. The van der Waals surface area contributed by atoms with Crippen molar-refractivity contribution < 1.29 is 4.74 Å². The average molecular weight is 280 g/mol. The summed E-state index contributed by atoms with van der Waals surface area (Å²) >= 11 is 6.05. The van der Waals surface area contributed by atoms with E-state index in [1.54, 1.807) is 0 Å². The summed E-state index contributed by atoms with van der Waals surface area (Å²) in [5, 5.41) is 4.46. The molecule has 2 atom stereocenters. The number of nitrogens with one attached hydrogen (secondary N) is 1. The highest BCUT2D eigenvalue weighted by Gasteiger charge is 2.30. The minimum Gasteiger partial charge on any atom is -0.373 e. The Morgan fingerprint density at radius 3 is 2.89 bits per heavy atom. The molecular formula is C16H22ClNO. The summed E-state index contributed by atoms with van der Waals surface area (Å²) < 4.78 is 6.07. The molecule has 0 spiro atoms. The molecule has 0 radical (unpaired) electrons. The second kappa shape index (κ2) is 5.82. The molecule has 2 unspecified atom stereocenters. The van der Waals surface area contributed by atoms with E-state index >= 15 is 0 Å². The Labute approximate surface area is 120 Å². The molecule has 1 N–H and O–H groups in total. The quantitative estimate of drug-likeness (QED) is 0.903. The Hall–Kier alpha value is -0.570. The van der Waals surface area contributed by atoms with Crippen LogP contribution in [0.5, 0.6) is 0 Å². The molecule has 1 heterocycles. The molecule has 2 fully saturated rings. The van der Waals surface area contributed by atoms with E-state index in [-0.39, 0.29) is 6.10 Å². The first-order valence-electron chi connectivity index (χ1n) is 7.35. The molecule has 19 heavy (non-hydrogen) atoms. The Morgan fingerprint density at radius 1 is 1.32 bits per heavy atom. The molecule has 1 saturated heterocycles. The van der Waals surface area contributed by atoms with Crippen molar-refractivity contribution in [2.75, 3.05) is 13.2 Å². The Morgan fingerprint density at radius 2 is 2.16 bits per heavy atom. The SMILES string of the molecule is Cc1cc(Cl)ccc1C1OCCCC1CNC1CC1. The van der Waals surface area contributed by atoms with Crippen LogP contribution in [0.3, 0.4) is 0 Å². The maximum absolute atomic E-state index is 6.07. The van der Waals surface area contributed by atoms with Crippen molar-refractivity contribution in [3.05, 3.63) is 34.3 Å². The molecule has 2 nitrogen and oxygen atoms in total. The average Bonchev–Trinajstić information content (AvgIpc) is 3.21. The fourth-order valence-electron chi connectivity index (χ4n) is 2.96. The number of hydrogen-bond acceptors (Lipinski definition) is 2. The second-order valence-electron chi connectivity index (χ2n) is 5.88. The van der Waals surface area contributed by atoms with Crippen molar-refractivity contribution >= 4 is 11.6 Å². The van der Waals surface area contributed by atoms with Gasteiger partial charge in [-0.3, -0.25) is 0 Å². The smallest absolute Gasteiger partial charge is 0.0867 e. The first-order valence-corrected chi connectivity index (χ1v) is 7.73. The first-order chi connectivity index (χ1) is 9.24. The minimum absolute atomic E-state index is 0.234. The van der Waals surface area contributed by atoms with E-state index in [1.165, 1.54) is 36.8 Å². The standard InChI is InChI=1S/C16H22ClNO/c1-11-9-13(17)4-7-15(11)16-12(3-2-8-19-16)10-18-14-5-6-14/h4,7,9,12,14,16,18H,2-3,5-6,8,10H2,1H3. The molecular weight excluding hydrogens is 258 g/mol. The normalized spacial score (nSPS) is 27.5. The van der Waals surface area contributed by atoms with Gasteiger partial charge < -0.3 is 10.1 Å². The molecule has 1 aromatic rings. The summed E-state index contributed by atoms with van der Waals surface area (Å²) in [5.41, 5.74) is 2.56. The van der Waals surface area contributed by atoms with E-state index < -0.39 is 0 Å². The van der Waals surface area contributed by atoms with Gasteiger partial charge in [0, 0.05) is 30.1 Å². The van der Waals surface area contributed by atoms with Gasteiger partial charge >= 0.3 is 0 Å². The number of ether oxygens (including phenoxy) is 1. The van der Waals surface area contributed by atoms with Crippen LogP contribution in [-0.2, 0) is 4.74 Å². The van der Waals surface area contributed by atoms with Crippen LogP contribution in [0.2, 0.25) is 5.02 Å². The lowest BCUT2D eigenvalue weighted by molar-refractivity contribution is -0.0282. The fourth-order valence-corrected chi connectivity index (χ4v) is 3.19. The summed E-state index contributed by atoms with van der Waals surface area (Å²) in [6, 6.07) is 6.93. The molecule has 1 aliphatic heterocycles. The van der Waals surface area contributed by atoms with Gasteiger partial charge in [-0.15, -0.1) is 0 Å². The molecule has 1 aliphatic carbocycles. The van der Waals surface area contributed by atoms with Gasteiger partial charge in [-0.25, -0.2) is 0 Å². The summed E-state index contributed by atoms with van der Waals surface area (Å²) in [6.45, 7) is 4.09. The third-order valence-electron chi connectivity index (χ3n) is 4.23. The Kier molecular flexibility index (Phi) is 4.11. The van der Waals surface area contributed by atoms with E-state index in [2.05, 4.69) is 18.3 Å². The number of halogens is 1. The summed E-state index contributed by atoms with van der Waals surface area (Å²) in [7, 11) is 0. The molecule has 2 aliphatic rings. The van der Waals surface area contributed by atoms with Crippen molar-refractivity contribution in [3.63, 3.8) is 0 Å². The van der Waals surface area contributed by atoms with E-state index in [0.717, 1.165) is 24.2 Å². The monoisotopic (exact) mass is 279 g/mol. The zero-order valence-corrected chi connectivity index (χ0v) is 12.2. The largest absolute Gasteiger partial charge is 0.373 e. The number of rotatable bonds is 4.